The predicted molar refractivity (Wildman–Crippen MR) is 75.6 cm³/mol. The number of nitrogens with zero attached hydrogens (tertiary/aromatic N) is 1. The predicted octanol–water partition coefficient (Wildman–Crippen LogP) is 0.794. The van der Waals surface area contributed by atoms with Crippen molar-refractivity contribution in [2.24, 2.45) is 0 Å². The molecule has 1 aliphatic heterocycles. The smallest absolute Gasteiger partial charge is 0.263 e. The molecule has 1 aromatic rings. The quantitative estimate of drug-likeness (QED) is 0.777. The second-order valence-corrected chi connectivity index (χ2v) is 7.40. The molecule has 1 amide bonds. The highest BCUT2D eigenvalue weighted by Gasteiger charge is 2.61. The van der Waals surface area contributed by atoms with Gasteiger partial charge in [0.25, 0.3) is 15.9 Å². The highest BCUT2D eigenvalue weighted by Crippen LogP contribution is 2.40. The van der Waals surface area contributed by atoms with Gasteiger partial charge in [0.15, 0.2) is 4.75 Å². The van der Waals surface area contributed by atoms with Gasteiger partial charge in [-0.2, -0.15) is 0 Å². The van der Waals surface area contributed by atoms with E-state index in [-0.39, 0.29) is 12.3 Å². The molecule has 1 aromatic carbocycles. The summed E-state index contributed by atoms with van der Waals surface area (Å²) in [5.74, 6) is 4.65. The maximum absolute atomic E-state index is 12.2. The van der Waals surface area contributed by atoms with Gasteiger partial charge in [0, 0.05) is 5.56 Å². The average Bonchev–Trinajstić information content (AvgIpc) is 2.37. The zero-order chi connectivity index (χ0) is 15.1. The number of carbonyl (C=O) groups excluding carboxylic acids is 1. The van der Waals surface area contributed by atoms with Gasteiger partial charge in [-0.25, -0.2) is 12.7 Å². The normalized spacial score (nSPS) is 19.0. The lowest BCUT2D eigenvalue weighted by Gasteiger charge is -2.43. The Kier molecular flexibility index (Phi) is 3.36. The molecule has 0 atom stereocenters. The summed E-state index contributed by atoms with van der Waals surface area (Å²) in [6.07, 6.45) is 0. The molecule has 0 saturated carbocycles. The van der Waals surface area contributed by atoms with Crippen LogP contribution in [0.15, 0.2) is 18.2 Å². The fourth-order valence-corrected chi connectivity index (χ4v) is 3.44. The molecule has 0 aromatic heterocycles. The number of rotatable bonds is 1. The van der Waals surface area contributed by atoms with Crippen LogP contribution in [-0.2, 0) is 14.8 Å². The van der Waals surface area contributed by atoms with Crippen molar-refractivity contribution in [3.8, 4) is 11.8 Å². The van der Waals surface area contributed by atoms with Crippen molar-refractivity contribution in [1.29, 1.82) is 0 Å². The van der Waals surface area contributed by atoms with Gasteiger partial charge >= 0.3 is 0 Å². The number of anilines is 1. The van der Waals surface area contributed by atoms with E-state index in [4.69, 9.17) is 5.11 Å². The summed E-state index contributed by atoms with van der Waals surface area (Å²) < 4.78 is 23.8. The first-order chi connectivity index (χ1) is 9.23. The molecule has 0 spiro atoms. The first kappa shape index (κ1) is 14.6. The van der Waals surface area contributed by atoms with Crippen molar-refractivity contribution in [1.82, 2.24) is 0 Å². The minimum absolute atomic E-state index is 0.246. The minimum Gasteiger partial charge on any atom is -0.384 e. The van der Waals surface area contributed by atoms with E-state index in [1.165, 1.54) is 13.8 Å². The van der Waals surface area contributed by atoms with E-state index in [0.29, 0.717) is 5.56 Å². The maximum Gasteiger partial charge on any atom is 0.263 e. The fourth-order valence-electron chi connectivity index (χ4n) is 1.94. The standard InChI is InChI=1S/C14H15NO4S/c1-10-6-7-11(5-4-8-16)12(9-10)15-13(17)14(2,3)20(15,18)19/h6-7,9,16H,8H2,1-3H3. The number of sulfonamides is 1. The Labute approximate surface area is 118 Å². The molecule has 1 fully saturated rings. The Hall–Kier alpha value is -1.84. The van der Waals surface area contributed by atoms with Crippen LogP contribution in [-0.4, -0.2) is 30.8 Å². The molecule has 106 valence electrons. The number of aliphatic hydroxyl groups excluding tert-OH is 1. The van der Waals surface area contributed by atoms with Gasteiger partial charge in [-0.05, 0) is 38.5 Å². The van der Waals surface area contributed by atoms with E-state index in [0.717, 1.165) is 9.87 Å². The van der Waals surface area contributed by atoms with Crippen LogP contribution in [0.3, 0.4) is 0 Å². The molecule has 5 nitrogen and oxygen atoms in total. The zero-order valence-corrected chi connectivity index (χ0v) is 12.3. The molecule has 20 heavy (non-hydrogen) atoms. The molecule has 0 unspecified atom stereocenters. The lowest BCUT2D eigenvalue weighted by molar-refractivity contribution is -0.120. The number of aryl methyl sites for hydroxylation is 1. The van der Waals surface area contributed by atoms with Crippen LogP contribution in [0.1, 0.15) is 25.0 Å². The third-order valence-corrected chi connectivity index (χ3v) is 5.57. The van der Waals surface area contributed by atoms with Crippen LogP contribution >= 0.6 is 0 Å². The lowest BCUT2D eigenvalue weighted by atomic mass is 10.1. The molecule has 2 rings (SSSR count). The number of hydrogen-bond acceptors (Lipinski definition) is 4. The number of benzene rings is 1. The van der Waals surface area contributed by atoms with E-state index in [1.54, 1.807) is 25.1 Å². The van der Waals surface area contributed by atoms with Gasteiger partial charge in [-0.1, -0.05) is 17.9 Å². The third kappa shape index (κ3) is 1.90. The Morgan fingerprint density at radius 3 is 2.55 bits per heavy atom. The van der Waals surface area contributed by atoms with E-state index in [9.17, 15) is 13.2 Å². The van der Waals surface area contributed by atoms with Gasteiger partial charge in [0.2, 0.25) is 0 Å². The molecule has 0 radical (unpaired) electrons. The third-order valence-electron chi connectivity index (χ3n) is 3.26. The Bertz CT molecular complexity index is 738. The number of aliphatic hydroxyl groups is 1. The van der Waals surface area contributed by atoms with Crippen molar-refractivity contribution >= 4 is 21.6 Å². The molecule has 1 N–H and O–H groups in total. The molecular formula is C14H15NO4S. The maximum atomic E-state index is 12.2. The SMILES string of the molecule is Cc1ccc(C#CCO)c(N2C(=O)C(C)(C)S2(=O)=O)c1. The first-order valence-electron chi connectivity index (χ1n) is 6.03. The fraction of sp³-hybridized carbons (Fsp3) is 0.357. The van der Waals surface area contributed by atoms with Gasteiger partial charge in [-0.15, -0.1) is 0 Å². The summed E-state index contributed by atoms with van der Waals surface area (Å²) >= 11 is 0. The summed E-state index contributed by atoms with van der Waals surface area (Å²) in [5, 5.41) is 8.75. The Morgan fingerprint density at radius 1 is 1.35 bits per heavy atom. The van der Waals surface area contributed by atoms with Crippen molar-refractivity contribution in [2.75, 3.05) is 10.9 Å². The molecule has 1 heterocycles. The average molecular weight is 293 g/mol. The van der Waals surface area contributed by atoms with Crippen LogP contribution in [0.2, 0.25) is 0 Å². The second kappa shape index (κ2) is 4.62. The minimum atomic E-state index is -3.71. The highest BCUT2D eigenvalue weighted by molar-refractivity contribution is 7.98. The zero-order valence-electron chi connectivity index (χ0n) is 11.5. The van der Waals surface area contributed by atoms with Crippen molar-refractivity contribution < 1.29 is 18.3 Å². The van der Waals surface area contributed by atoms with Crippen LogP contribution < -0.4 is 4.31 Å². The molecule has 1 aliphatic rings. The van der Waals surface area contributed by atoms with Crippen molar-refractivity contribution in [2.45, 2.75) is 25.5 Å². The van der Waals surface area contributed by atoms with Gasteiger partial charge in [0.05, 0.1) is 5.69 Å². The summed E-state index contributed by atoms with van der Waals surface area (Å²) in [6, 6.07) is 5.01. The molecule has 1 saturated heterocycles. The summed E-state index contributed by atoms with van der Waals surface area (Å²) in [6.45, 7) is 4.24. The largest absolute Gasteiger partial charge is 0.384 e. The van der Waals surface area contributed by atoms with E-state index >= 15 is 0 Å². The van der Waals surface area contributed by atoms with Crippen molar-refractivity contribution in [3.63, 3.8) is 0 Å². The van der Waals surface area contributed by atoms with E-state index in [2.05, 4.69) is 11.8 Å². The monoisotopic (exact) mass is 293 g/mol. The van der Waals surface area contributed by atoms with Crippen molar-refractivity contribution in [3.05, 3.63) is 29.3 Å². The number of amides is 1. The topological polar surface area (TPSA) is 74.7 Å². The Morgan fingerprint density at radius 2 is 2.00 bits per heavy atom. The summed E-state index contributed by atoms with van der Waals surface area (Å²) in [5.41, 5.74) is 1.47. The lowest BCUT2D eigenvalue weighted by Crippen LogP contribution is -2.67. The molecule has 6 heteroatoms. The van der Waals surface area contributed by atoms with Gasteiger partial charge in [-0.3, -0.25) is 4.79 Å². The second-order valence-electron chi connectivity index (χ2n) is 5.07. The van der Waals surface area contributed by atoms with E-state index < -0.39 is 20.7 Å². The van der Waals surface area contributed by atoms with Gasteiger partial charge < -0.3 is 5.11 Å². The van der Waals surface area contributed by atoms with Crippen LogP contribution in [0.25, 0.3) is 0 Å². The summed E-state index contributed by atoms with van der Waals surface area (Å²) in [7, 11) is -3.71. The van der Waals surface area contributed by atoms with Gasteiger partial charge in [0.1, 0.15) is 6.61 Å². The van der Waals surface area contributed by atoms with E-state index in [1.807, 2.05) is 0 Å². The number of hydrogen-bond donors (Lipinski definition) is 1. The number of carbonyl (C=O) groups is 1. The molecular weight excluding hydrogens is 278 g/mol. The van der Waals surface area contributed by atoms with Crippen LogP contribution in [0.5, 0.6) is 0 Å². The summed E-state index contributed by atoms with van der Waals surface area (Å²) in [4.78, 5) is 12.1. The molecule has 0 aliphatic carbocycles. The van der Waals surface area contributed by atoms with Crippen LogP contribution in [0, 0.1) is 18.8 Å². The first-order valence-corrected chi connectivity index (χ1v) is 7.47. The Balaban J connectivity index is 2.60. The van der Waals surface area contributed by atoms with Crippen LogP contribution in [0.4, 0.5) is 5.69 Å². The highest BCUT2D eigenvalue weighted by atomic mass is 32.2. The molecule has 0 bridgehead atoms.